The van der Waals surface area contributed by atoms with E-state index in [9.17, 15) is 9.59 Å². The van der Waals surface area contributed by atoms with Crippen molar-refractivity contribution in [3.8, 4) is 0 Å². The Morgan fingerprint density at radius 3 is 2.47 bits per heavy atom. The summed E-state index contributed by atoms with van der Waals surface area (Å²) in [4.78, 5) is 21.3. The number of unbranched alkanes of at least 4 members (excludes halogenated alkanes) is 4. The number of hydrogen-bond acceptors (Lipinski definition) is 5. The highest BCUT2D eigenvalue weighted by molar-refractivity contribution is 5.75. The number of nitrogens with one attached hydrogen (secondary N) is 2. The number of aldehydes is 1. The van der Waals surface area contributed by atoms with Crippen LogP contribution in [-0.2, 0) is 22.7 Å². The number of aromatic nitrogens is 3. The third-order valence-corrected chi connectivity index (χ3v) is 4.23. The molecule has 7 nitrogen and oxygen atoms in total. The summed E-state index contributed by atoms with van der Waals surface area (Å²) in [6, 6.07) is 0. The second-order valence-electron chi connectivity index (χ2n) is 7.51. The highest BCUT2D eigenvalue weighted by atomic mass is 16.1. The fourth-order valence-electron chi connectivity index (χ4n) is 2.52. The predicted molar refractivity (Wildman–Crippen MR) is 125 cm³/mol. The van der Waals surface area contributed by atoms with Crippen LogP contribution in [0.15, 0.2) is 6.20 Å². The van der Waals surface area contributed by atoms with Crippen LogP contribution in [-0.4, -0.2) is 40.8 Å². The molecule has 0 saturated heterocycles. The third kappa shape index (κ3) is 21.0. The zero-order valence-corrected chi connectivity index (χ0v) is 20.4. The van der Waals surface area contributed by atoms with Gasteiger partial charge in [-0.15, -0.1) is 5.10 Å². The first-order chi connectivity index (χ1) is 14.5. The summed E-state index contributed by atoms with van der Waals surface area (Å²) in [5, 5.41) is 14.2. The molecular weight excluding hydrogens is 378 g/mol. The Bertz CT molecular complexity index is 504. The van der Waals surface area contributed by atoms with E-state index in [1.807, 2.05) is 31.8 Å². The number of amides is 1. The second-order valence-corrected chi connectivity index (χ2v) is 7.51. The first-order valence-corrected chi connectivity index (χ1v) is 11.8. The van der Waals surface area contributed by atoms with E-state index in [0.29, 0.717) is 13.0 Å². The maximum absolute atomic E-state index is 11.7. The maximum atomic E-state index is 11.7. The fourth-order valence-corrected chi connectivity index (χ4v) is 2.52. The van der Waals surface area contributed by atoms with Crippen molar-refractivity contribution in [2.75, 3.05) is 13.6 Å². The number of hydrogen-bond donors (Lipinski definition) is 2. The molecular formula is C23H47N5O2. The van der Waals surface area contributed by atoms with Gasteiger partial charge in [0, 0.05) is 19.4 Å². The van der Waals surface area contributed by atoms with Gasteiger partial charge < -0.3 is 15.4 Å². The first kappa shape index (κ1) is 30.4. The molecule has 176 valence electrons. The monoisotopic (exact) mass is 425 g/mol. The van der Waals surface area contributed by atoms with Crippen molar-refractivity contribution in [1.82, 2.24) is 25.6 Å². The minimum atomic E-state index is 0.0961. The summed E-state index contributed by atoms with van der Waals surface area (Å²) in [6.45, 7) is 12.9. The summed E-state index contributed by atoms with van der Waals surface area (Å²) < 4.78 is 1.86. The van der Waals surface area contributed by atoms with Gasteiger partial charge in [0.1, 0.15) is 12.0 Å². The molecule has 0 aliphatic carbocycles. The van der Waals surface area contributed by atoms with Gasteiger partial charge in [-0.05, 0) is 51.6 Å². The largest absolute Gasteiger partial charge is 0.350 e. The molecule has 1 heterocycles. The number of carbonyl (C=O) groups excluding carboxylic acids is 2. The Morgan fingerprint density at radius 1 is 1.17 bits per heavy atom. The van der Waals surface area contributed by atoms with E-state index >= 15 is 0 Å². The topological polar surface area (TPSA) is 88.9 Å². The number of aryl methyl sites for hydroxylation is 1. The Labute approximate surface area is 184 Å². The molecule has 7 heteroatoms. The Hall–Kier alpha value is -1.76. The van der Waals surface area contributed by atoms with E-state index in [4.69, 9.17) is 0 Å². The van der Waals surface area contributed by atoms with Gasteiger partial charge in [0.15, 0.2) is 0 Å². The zero-order valence-electron chi connectivity index (χ0n) is 20.4. The van der Waals surface area contributed by atoms with Crippen molar-refractivity contribution < 1.29 is 9.59 Å². The lowest BCUT2D eigenvalue weighted by Crippen LogP contribution is -2.22. The first-order valence-electron chi connectivity index (χ1n) is 11.8. The SMILES string of the molecule is CC.CCCCC=O.CNCCCCCC(=O)NCc1cn(CCCC(C)C)nn1. The fraction of sp³-hybridized carbons (Fsp3) is 0.826. The Balaban J connectivity index is 0. The van der Waals surface area contributed by atoms with Crippen LogP contribution in [0.1, 0.15) is 98.1 Å². The normalized spacial score (nSPS) is 9.97. The van der Waals surface area contributed by atoms with Crippen LogP contribution in [0.3, 0.4) is 0 Å². The number of nitrogens with zero attached hydrogens (tertiary/aromatic N) is 3. The highest BCUT2D eigenvalue weighted by Gasteiger charge is 2.05. The molecule has 0 aromatic carbocycles. The summed E-state index contributed by atoms with van der Waals surface area (Å²) in [7, 11) is 1.95. The summed E-state index contributed by atoms with van der Waals surface area (Å²) in [5.41, 5.74) is 0.827. The molecule has 1 amide bonds. The maximum Gasteiger partial charge on any atom is 0.220 e. The van der Waals surface area contributed by atoms with E-state index < -0.39 is 0 Å². The zero-order chi connectivity index (χ0) is 23.0. The quantitative estimate of drug-likeness (QED) is 0.319. The van der Waals surface area contributed by atoms with Crippen molar-refractivity contribution in [3.63, 3.8) is 0 Å². The van der Waals surface area contributed by atoms with Gasteiger partial charge in [0.05, 0.1) is 12.7 Å². The molecule has 1 rings (SSSR count). The molecule has 0 atom stereocenters. The summed E-state index contributed by atoms with van der Waals surface area (Å²) in [5.74, 6) is 0.814. The van der Waals surface area contributed by atoms with Crippen molar-refractivity contribution in [1.29, 1.82) is 0 Å². The van der Waals surface area contributed by atoms with Crippen molar-refractivity contribution in [2.45, 2.75) is 105 Å². The average Bonchev–Trinajstić information content (AvgIpc) is 3.20. The van der Waals surface area contributed by atoms with Crippen LogP contribution in [0.5, 0.6) is 0 Å². The van der Waals surface area contributed by atoms with E-state index in [2.05, 4.69) is 41.7 Å². The standard InChI is InChI=1S/C16H31N5O.C5H10O.C2H6/c1-14(2)8-7-11-21-13-15(19-20-21)12-18-16(22)9-5-4-6-10-17-3;1-2-3-4-5-6;1-2/h13-14,17H,4-12H2,1-3H3,(H,18,22);5H,2-4H2,1H3;1-2H3. The van der Waals surface area contributed by atoms with Crippen LogP contribution in [0.2, 0.25) is 0 Å². The van der Waals surface area contributed by atoms with Crippen LogP contribution in [0.4, 0.5) is 0 Å². The molecule has 0 saturated carbocycles. The van der Waals surface area contributed by atoms with Crippen LogP contribution >= 0.6 is 0 Å². The van der Waals surface area contributed by atoms with E-state index in [0.717, 1.165) is 75.9 Å². The molecule has 0 unspecified atom stereocenters. The van der Waals surface area contributed by atoms with Crippen molar-refractivity contribution in [2.24, 2.45) is 5.92 Å². The molecule has 0 bridgehead atoms. The molecule has 1 aromatic rings. The molecule has 0 aliphatic heterocycles. The van der Waals surface area contributed by atoms with Gasteiger partial charge in [-0.3, -0.25) is 9.48 Å². The lowest BCUT2D eigenvalue weighted by molar-refractivity contribution is -0.121. The van der Waals surface area contributed by atoms with Gasteiger partial charge in [-0.1, -0.05) is 52.7 Å². The molecule has 30 heavy (non-hydrogen) atoms. The third-order valence-electron chi connectivity index (χ3n) is 4.23. The highest BCUT2D eigenvalue weighted by Crippen LogP contribution is 2.05. The van der Waals surface area contributed by atoms with E-state index in [1.165, 1.54) is 6.42 Å². The smallest absolute Gasteiger partial charge is 0.220 e. The lowest BCUT2D eigenvalue weighted by Gasteiger charge is -2.04. The Morgan fingerprint density at radius 2 is 1.90 bits per heavy atom. The number of carbonyl (C=O) groups is 2. The van der Waals surface area contributed by atoms with Crippen LogP contribution in [0, 0.1) is 5.92 Å². The number of rotatable bonds is 15. The lowest BCUT2D eigenvalue weighted by atomic mass is 10.1. The summed E-state index contributed by atoms with van der Waals surface area (Å²) in [6.07, 6.45) is 11.8. The van der Waals surface area contributed by atoms with Crippen LogP contribution < -0.4 is 10.6 Å². The minimum Gasteiger partial charge on any atom is -0.350 e. The minimum absolute atomic E-state index is 0.0961. The summed E-state index contributed by atoms with van der Waals surface area (Å²) >= 11 is 0. The molecule has 0 radical (unpaired) electrons. The van der Waals surface area contributed by atoms with Gasteiger partial charge in [0.2, 0.25) is 5.91 Å². The van der Waals surface area contributed by atoms with Crippen molar-refractivity contribution in [3.05, 3.63) is 11.9 Å². The van der Waals surface area contributed by atoms with Gasteiger partial charge >= 0.3 is 0 Å². The predicted octanol–water partition coefficient (Wildman–Crippen LogP) is 4.51. The second kappa shape index (κ2) is 23.5. The molecule has 1 aromatic heterocycles. The van der Waals surface area contributed by atoms with Crippen molar-refractivity contribution >= 4 is 12.2 Å². The van der Waals surface area contributed by atoms with E-state index in [1.54, 1.807) is 0 Å². The molecule has 0 fully saturated rings. The van der Waals surface area contributed by atoms with Gasteiger partial charge in [0.25, 0.3) is 0 Å². The molecule has 0 spiro atoms. The molecule has 2 N–H and O–H groups in total. The molecule has 0 aliphatic rings. The Kier molecular flexibility index (Phi) is 23.9. The van der Waals surface area contributed by atoms with Crippen LogP contribution in [0.25, 0.3) is 0 Å². The average molecular weight is 426 g/mol. The van der Waals surface area contributed by atoms with Gasteiger partial charge in [-0.2, -0.15) is 0 Å². The van der Waals surface area contributed by atoms with E-state index in [-0.39, 0.29) is 5.91 Å². The van der Waals surface area contributed by atoms with Gasteiger partial charge in [-0.25, -0.2) is 0 Å².